The Bertz CT molecular complexity index is 1100. The minimum atomic E-state index is -0.945. The number of thioether (sulfide) groups is 1. The van der Waals surface area contributed by atoms with Gasteiger partial charge >= 0.3 is 5.69 Å². The number of rotatable bonds is 5. The summed E-state index contributed by atoms with van der Waals surface area (Å²) in [5.41, 5.74) is -0.0330. The molecule has 1 saturated heterocycles. The van der Waals surface area contributed by atoms with Gasteiger partial charge in [-0.15, -0.1) is 11.8 Å². The summed E-state index contributed by atoms with van der Waals surface area (Å²) in [7, 11) is 0. The molecule has 0 saturated carbocycles. The van der Waals surface area contributed by atoms with Crippen molar-refractivity contribution in [1.82, 2.24) is 9.55 Å². The van der Waals surface area contributed by atoms with E-state index in [4.69, 9.17) is 4.74 Å². The highest BCUT2D eigenvalue weighted by atomic mass is 32.2. The molecule has 2 unspecified atom stereocenters. The van der Waals surface area contributed by atoms with Crippen LogP contribution in [-0.4, -0.2) is 43.8 Å². The van der Waals surface area contributed by atoms with Crippen molar-refractivity contribution in [2.45, 2.75) is 29.4 Å². The van der Waals surface area contributed by atoms with E-state index in [0.29, 0.717) is 5.75 Å². The van der Waals surface area contributed by atoms with Crippen molar-refractivity contribution in [2.24, 2.45) is 0 Å². The van der Waals surface area contributed by atoms with Crippen LogP contribution in [0.1, 0.15) is 11.8 Å². The van der Waals surface area contributed by atoms with Crippen LogP contribution in [0.4, 0.5) is 0 Å². The van der Waals surface area contributed by atoms with Gasteiger partial charge in [0.05, 0.1) is 18.0 Å². The first-order valence-electron chi connectivity index (χ1n) is 8.92. The Morgan fingerprint density at radius 2 is 1.89 bits per heavy atom. The first kappa shape index (κ1) is 18.9. The molecule has 1 aliphatic heterocycles. The Morgan fingerprint density at radius 3 is 2.64 bits per heavy atom. The highest BCUT2D eigenvalue weighted by Crippen LogP contribution is 2.38. The van der Waals surface area contributed by atoms with E-state index in [0.717, 1.165) is 16.3 Å². The number of aliphatic hydroxyl groups is 2. The van der Waals surface area contributed by atoms with Gasteiger partial charge in [0.25, 0.3) is 5.56 Å². The molecule has 4 atom stereocenters. The van der Waals surface area contributed by atoms with Crippen LogP contribution < -0.4 is 11.2 Å². The van der Waals surface area contributed by atoms with Crippen molar-refractivity contribution in [3.8, 4) is 0 Å². The maximum atomic E-state index is 12.2. The third-order valence-corrected chi connectivity index (χ3v) is 6.27. The SMILES string of the molecule is O=c1ccn([C@@H]2O[C@H](CO)C(O)C2SCc2ccc3ccccc3c2)c(=O)[nH]1. The van der Waals surface area contributed by atoms with Gasteiger partial charge in [-0.25, -0.2) is 4.79 Å². The molecule has 0 spiro atoms. The van der Waals surface area contributed by atoms with Gasteiger partial charge in [0.2, 0.25) is 0 Å². The number of nitrogens with zero attached hydrogens (tertiary/aromatic N) is 1. The quantitative estimate of drug-likeness (QED) is 0.595. The molecule has 1 fully saturated rings. The van der Waals surface area contributed by atoms with Crippen molar-refractivity contribution in [3.63, 3.8) is 0 Å². The van der Waals surface area contributed by atoms with Crippen LogP contribution in [0.15, 0.2) is 64.3 Å². The fourth-order valence-corrected chi connectivity index (χ4v) is 4.72. The first-order chi connectivity index (χ1) is 13.6. The van der Waals surface area contributed by atoms with Crippen LogP contribution >= 0.6 is 11.8 Å². The predicted molar refractivity (Wildman–Crippen MR) is 107 cm³/mol. The second-order valence-corrected chi connectivity index (χ2v) is 7.88. The van der Waals surface area contributed by atoms with Gasteiger partial charge in [-0.3, -0.25) is 14.3 Å². The zero-order valence-corrected chi connectivity index (χ0v) is 15.7. The van der Waals surface area contributed by atoms with Gasteiger partial charge in [-0.05, 0) is 16.3 Å². The number of fused-ring (bicyclic) bond motifs is 1. The fourth-order valence-electron chi connectivity index (χ4n) is 3.42. The Labute approximate surface area is 164 Å². The molecule has 0 amide bonds. The number of aromatic amines is 1. The molecule has 3 N–H and O–H groups in total. The van der Waals surface area contributed by atoms with E-state index in [1.54, 1.807) is 0 Å². The third-order valence-electron chi connectivity index (χ3n) is 4.87. The molecular weight excluding hydrogens is 380 g/mol. The standard InChI is InChI=1S/C20H20N2O5S/c23-10-15-17(25)18(19(27-15)22-8-7-16(24)21-20(22)26)28-11-12-5-6-13-3-1-2-4-14(13)9-12/h1-9,15,17-19,23,25H,10-11H2,(H,21,24,26)/t15-,17?,18?,19-/m1/s1. The Morgan fingerprint density at radius 1 is 1.11 bits per heavy atom. The van der Waals surface area contributed by atoms with E-state index in [9.17, 15) is 19.8 Å². The van der Waals surface area contributed by atoms with Gasteiger partial charge in [0, 0.05) is 18.0 Å². The van der Waals surface area contributed by atoms with Crippen molar-refractivity contribution in [2.75, 3.05) is 6.61 Å². The molecule has 3 aromatic rings. The van der Waals surface area contributed by atoms with Gasteiger partial charge in [0.1, 0.15) is 6.10 Å². The number of hydrogen-bond donors (Lipinski definition) is 3. The molecule has 0 aliphatic carbocycles. The minimum absolute atomic E-state index is 0.358. The normalized spacial score (nSPS) is 24.6. The zero-order chi connectivity index (χ0) is 19.7. The Hall–Kier alpha value is -2.39. The lowest BCUT2D eigenvalue weighted by molar-refractivity contribution is -0.0457. The van der Waals surface area contributed by atoms with Crippen LogP contribution in [0.5, 0.6) is 0 Å². The molecule has 0 radical (unpaired) electrons. The second kappa shape index (κ2) is 7.92. The van der Waals surface area contributed by atoms with E-state index in [2.05, 4.69) is 11.1 Å². The number of hydrogen-bond acceptors (Lipinski definition) is 6. The minimum Gasteiger partial charge on any atom is -0.394 e. The highest BCUT2D eigenvalue weighted by molar-refractivity contribution is 7.99. The van der Waals surface area contributed by atoms with Crippen LogP contribution in [-0.2, 0) is 10.5 Å². The van der Waals surface area contributed by atoms with Crippen molar-refractivity contribution in [1.29, 1.82) is 0 Å². The maximum absolute atomic E-state index is 12.2. The third kappa shape index (κ3) is 3.64. The lowest BCUT2D eigenvalue weighted by Gasteiger charge is -2.21. The molecule has 146 valence electrons. The number of aliphatic hydroxyl groups excluding tert-OH is 2. The lowest BCUT2D eigenvalue weighted by atomic mass is 10.1. The van der Waals surface area contributed by atoms with Crippen LogP contribution in [0.3, 0.4) is 0 Å². The summed E-state index contributed by atoms with van der Waals surface area (Å²) >= 11 is 1.45. The van der Waals surface area contributed by atoms with Crippen molar-refractivity contribution >= 4 is 22.5 Å². The summed E-state index contributed by atoms with van der Waals surface area (Å²) in [4.78, 5) is 25.7. The summed E-state index contributed by atoms with van der Waals surface area (Å²) in [5, 5.41) is 21.9. The van der Waals surface area contributed by atoms with Crippen LogP contribution in [0.25, 0.3) is 10.8 Å². The van der Waals surface area contributed by atoms with Gasteiger partial charge in [-0.2, -0.15) is 0 Å². The second-order valence-electron chi connectivity index (χ2n) is 6.71. The zero-order valence-electron chi connectivity index (χ0n) is 14.9. The molecule has 28 heavy (non-hydrogen) atoms. The van der Waals surface area contributed by atoms with Gasteiger partial charge < -0.3 is 14.9 Å². The van der Waals surface area contributed by atoms with E-state index in [1.165, 1.54) is 28.6 Å². The van der Waals surface area contributed by atoms with Gasteiger partial charge in [0.15, 0.2) is 6.23 Å². The molecule has 2 aromatic carbocycles. The van der Waals surface area contributed by atoms with Crippen LogP contribution in [0.2, 0.25) is 0 Å². The largest absolute Gasteiger partial charge is 0.394 e. The number of ether oxygens (including phenoxy) is 1. The number of benzene rings is 2. The summed E-state index contributed by atoms with van der Waals surface area (Å²) in [5.74, 6) is 0.600. The van der Waals surface area contributed by atoms with E-state index < -0.39 is 34.9 Å². The van der Waals surface area contributed by atoms with Crippen LogP contribution in [0, 0.1) is 0 Å². The molecule has 1 aliphatic rings. The molecule has 2 heterocycles. The Kier molecular flexibility index (Phi) is 5.36. The number of H-pyrrole nitrogens is 1. The lowest BCUT2D eigenvalue weighted by Crippen LogP contribution is -2.36. The fraction of sp³-hybridized carbons (Fsp3) is 0.300. The van der Waals surface area contributed by atoms with E-state index in [-0.39, 0.29) is 6.61 Å². The maximum Gasteiger partial charge on any atom is 0.330 e. The predicted octanol–water partition coefficient (Wildman–Crippen LogP) is 1.24. The molecule has 8 heteroatoms. The smallest absolute Gasteiger partial charge is 0.330 e. The average Bonchev–Trinajstić information content (AvgIpc) is 3.01. The summed E-state index contributed by atoms with van der Waals surface area (Å²) < 4.78 is 6.97. The Balaban J connectivity index is 1.58. The average molecular weight is 400 g/mol. The van der Waals surface area contributed by atoms with E-state index >= 15 is 0 Å². The topological polar surface area (TPSA) is 105 Å². The first-order valence-corrected chi connectivity index (χ1v) is 9.97. The van der Waals surface area contributed by atoms with E-state index in [1.807, 2.05) is 36.4 Å². The van der Waals surface area contributed by atoms with Gasteiger partial charge in [-0.1, -0.05) is 42.5 Å². The number of nitrogens with one attached hydrogen (secondary N) is 1. The molecule has 0 bridgehead atoms. The summed E-state index contributed by atoms with van der Waals surface area (Å²) in [6.07, 6.45) is -1.18. The monoisotopic (exact) mass is 400 g/mol. The van der Waals surface area contributed by atoms with Crippen molar-refractivity contribution in [3.05, 3.63) is 81.1 Å². The molecule has 1 aromatic heterocycles. The van der Waals surface area contributed by atoms with Crippen molar-refractivity contribution < 1.29 is 14.9 Å². The molecular formula is C20H20N2O5S. The summed E-state index contributed by atoms with van der Waals surface area (Å²) in [6, 6.07) is 15.5. The molecule has 7 nitrogen and oxygen atoms in total. The highest BCUT2D eigenvalue weighted by Gasteiger charge is 2.44. The molecule has 4 rings (SSSR count). The summed E-state index contributed by atoms with van der Waals surface area (Å²) in [6.45, 7) is -0.358. The number of aromatic nitrogens is 2.